The van der Waals surface area contributed by atoms with Gasteiger partial charge in [0.2, 0.25) is 10.0 Å². The van der Waals surface area contributed by atoms with E-state index in [4.69, 9.17) is 0 Å². The summed E-state index contributed by atoms with van der Waals surface area (Å²) >= 11 is 1.73. The highest BCUT2D eigenvalue weighted by molar-refractivity contribution is 7.99. The summed E-state index contributed by atoms with van der Waals surface area (Å²) in [6.07, 6.45) is 2.48. The quantitative estimate of drug-likeness (QED) is 0.801. The maximum Gasteiger partial charge on any atom is 0.251 e. The minimum absolute atomic E-state index is 0.0448. The number of benzene rings is 1. The molecule has 25 heavy (non-hydrogen) atoms. The molecule has 0 aliphatic carbocycles. The van der Waals surface area contributed by atoms with Crippen LogP contribution in [0.2, 0.25) is 0 Å². The molecule has 1 fully saturated rings. The summed E-state index contributed by atoms with van der Waals surface area (Å²) < 4.78 is 27.7. The van der Waals surface area contributed by atoms with Crippen molar-refractivity contribution in [2.24, 2.45) is 0 Å². The number of hydrogen-bond donors (Lipinski definition) is 2. The summed E-state index contributed by atoms with van der Waals surface area (Å²) in [5.74, 6) is 1.41. The number of rotatable bonds is 6. The van der Waals surface area contributed by atoms with Crippen molar-refractivity contribution in [2.45, 2.75) is 23.9 Å². The summed E-state index contributed by atoms with van der Waals surface area (Å²) in [7, 11) is -3.62. The van der Waals surface area contributed by atoms with Gasteiger partial charge in [-0.25, -0.2) is 13.1 Å². The van der Waals surface area contributed by atoms with E-state index in [0.717, 1.165) is 23.6 Å². The molecule has 0 bridgehead atoms. The van der Waals surface area contributed by atoms with Crippen LogP contribution in [0.3, 0.4) is 0 Å². The van der Waals surface area contributed by atoms with Gasteiger partial charge in [0.25, 0.3) is 5.91 Å². The Labute approximate surface area is 151 Å². The van der Waals surface area contributed by atoms with Gasteiger partial charge in [0.1, 0.15) is 0 Å². The smallest absolute Gasteiger partial charge is 0.251 e. The standard InChI is InChI=1S/C17H19N3O3S2/c21-17(19-11-14-5-1-2-8-18-14)13-4-3-6-16(10-13)25(22,23)20-15-7-9-24-12-15/h1-6,8,10,15,20H,7,9,11-12H2,(H,19,21). The number of nitrogens with zero attached hydrogens (tertiary/aromatic N) is 1. The van der Waals surface area contributed by atoms with Crippen molar-refractivity contribution in [3.8, 4) is 0 Å². The minimum Gasteiger partial charge on any atom is -0.346 e. The van der Waals surface area contributed by atoms with E-state index in [0.29, 0.717) is 5.56 Å². The van der Waals surface area contributed by atoms with E-state index in [1.165, 1.54) is 12.1 Å². The van der Waals surface area contributed by atoms with Gasteiger partial charge in [-0.1, -0.05) is 12.1 Å². The predicted molar refractivity (Wildman–Crippen MR) is 97.9 cm³/mol. The van der Waals surface area contributed by atoms with Crippen molar-refractivity contribution < 1.29 is 13.2 Å². The normalized spacial score (nSPS) is 17.4. The van der Waals surface area contributed by atoms with Crippen LogP contribution in [-0.4, -0.2) is 36.9 Å². The third kappa shape index (κ3) is 4.81. The molecule has 8 heteroatoms. The second-order valence-corrected chi connectivity index (χ2v) is 8.58. The van der Waals surface area contributed by atoms with Crippen molar-refractivity contribution in [2.75, 3.05) is 11.5 Å². The number of aromatic nitrogens is 1. The van der Waals surface area contributed by atoms with Gasteiger partial charge in [-0.3, -0.25) is 9.78 Å². The lowest BCUT2D eigenvalue weighted by Crippen LogP contribution is -2.34. The van der Waals surface area contributed by atoms with E-state index in [1.807, 2.05) is 12.1 Å². The number of carbonyl (C=O) groups is 1. The molecule has 1 aliphatic rings. The van der Waals surface area contributed by atoms with Gasteiger partial charge in [0.05, 0.1) is 17.1 Å². The fourth-order valence-electron chi connectivity index (χ4n) is 2.50. The molecule has 1 atom stereocenters. The maximum atomic E-state index is 12.5. The van der Waals surface area contributed by atoms with E-state index in [1.54, 1.807) is 36.2 Å². The van der Waals surface area contributed by atoms with Gasteiger partial charge in [-0.15, -0.1) is 0 Å². The Kier molecular flexibility index (Phi) is 5.72. The summed E-state index contributed by atoms with van der Waals surface area (Å²) in [4.78, 5) is 16.5. The lowest BCUT2D eigenvalue weighted by atomic mass is 10.2. The largest absolute Gasteiger partial charge is 0.346 e. The first-order chi connectivity index (χ1) is 12.0. The first-order valence-electron chi connectivity index (χ1n) is 7.93. The molecule has 2 N–H and O–H groups in total. The first-order valence-corrected chi connectivity index (χ1v) is 10.6. The monoisotopic (exact) mass is 377 g/mol. The highest BCUT2D eigenvalue weighted by atomic mass is 32.2. The molecular weight excluding hydrogens is 358 g/mol. The fourth-order valence-corrected chi connectivity index (χ4v) is 5.07. The molecule has 0 radical (unpaired) electrons. The van der Waals surface area contributed by atoms with Gasteiger partial charge in [-0.2, -0.15) is 11.8 Å². The molecule has 2 aromatic rings. The SMILES string of the molecule is O=C(NCc1ccccn1)c1cccc(S(=O)(=O)NC2CCSC2)c1. The topological polar surface area (TPSA) is 88.2 Å². The number of hydrogen-bond acceptors (Lipinski definition) is 5. The molecular formula is C17H19N3O3S2. The van der Waals surface area contributed by atoms with E-state index < -0.39 is 10.0 Å². The molecule has 3 rings (SSSR count). The van der Waals surface area contributed by atoms with E-state index in [9.17, 15) is 13.2 Å². The average Bonchev–Trinajstić information content (AvgIpc) is 3.13. The molecule has 2 heterocycles. The zero-order valence-electron chi connectivity index (χ0n) is 13.5. The van der Waals surface area contributed by atoms with Crippen LogP contribution < -0.4 is 10.0 Å². The Hall–Kier alpha value is -1.90. The number of carbonyl (C=O) groups excluding carboxylic acids is 1. The van der Waals surface area contributed by atoms with Crippen LogP contribution in [0.4, 0.5) is 0 Å². The van der Waals surface area contributed by atoms with Crippen molar-refractivity contribution in [1.29, 1.82) is 0 Å². The summed E-state index contributed by atoms with van der Waals surface area (Å²) in [6.45, 7) is 0.286. The first kappa shape index (κ1) is 17.9. The molecule has 1 amide bonds. The highest BCUT2D eigenvalue weighted by Crippen LogP contribution is 2.20. The minimum atomic E-state index is -3.62. The second kappa shape index (κ2) is 7.99. The third-order valence-corrected chi connectivity index (χ3v) is 6.49. The molecule has 1 unspecified atom stereocenters. The molecule has 1 saturated heterocycles. The van der Waals surface area contributed by atoms with E-state index in [2.05, 4.69) is 15.0 Å². The summed E-state index contributed by atoms with van der Waals surface area (Å²) in [5, 5.41) is 2.75. The Morgan fingerprint density at radius 2 is 2.12 bits per heavy atom. The van der Waals surface area contributed by atoms with Gasteiger partial charge in [0, 0.05) is 23.6 Å². The van der Waals surface area contributed by atoms with Crippen LogP contribution in [0.15, 0.2) is 53.6 Å². The third-order valence-electron chi connectivity index (χ3n) is 3.81. The molecule has 1 aromatic carbocycles. The van der Waals surface area contributed by atoms with Crippen molar-refractivity contribution in [3.05, 3.63) is 59.9 Å². The second-order valence-electron chi connectivity index (χ2n) is 5.71. The van der Waals surface area contributed by atoms with Gasteiger partial charge in [-0.05, 0) is 42.5 Å². The molecule has 132 valence electrons. The Balaban J connectivity index is 1.68. The zero-order valence-corrected chi connectivity index (χ0v) is 15.1. The molecule has 1 aromatic heterocycles. The van der Waals surface area contributed by atoms with Crippen LogP contribution in [0.1, 0.15) is 22.5 Å². The number of amides is 1. The number of pyridine rings is 1. The van der Waals surface area contributed by atoms with Crippen molar-refractivity contribution in [1.82, 2.24) is 15.0 Å². The van der Waals surface area contributed by atoms with Crippen LogP contribution in [-0.2, 0) is 16.6 Å². The Morgan fingerprint density at radius 1 is 1.24 bits per heavy atom. The molecule has 0 spiro atoms. The average molecular weight is 377 g/mol. The summed E-state index contributed by atoms with van der Waals surface area (Å²) in [5.41, 5.74) is 1.04. The van der Waals surface area contributed by atoms with Crippen molar-refractivity contribution in [3.63, 3.8) is 0 Å². The fraction of sp³-hybridized carbons (Fsp3) is 0.294. The lowest BCUT2D eigenvalue weighted by Gasteiger charge is -2.12. The Bertz CT molecular complexity index is 835. The highest BCUT2D eigenvalue weighted by Gasteiger charge is 2.23. The van der Waals surface area contributed by atoms with E-state index in [-0.39, 0.29) is 23.4 Å². The van der Waals surface area contributed by atoms with Crippen LogP contribution in [0.25, 0.3) is 0 Å². The Morgan fingerprint density at radius 3 is 2.84 bits per heavy atom. The predicted octanol–water partition coefficient (Wildman–Crippen LogP) is 1.80. The number of nitrogens with one attached hydrogen (secondary N) is 2. The lowest BCUT2D eigenvalue weighted by molar-refractivity contribution is 0.0950. The molecule has 0 saturated carbocycles. The van der Waals surface area contributed by atoms with Gasteiger partial charge >= 0.3 is 0 Å². The number of thioether (sulfide) groups is 1. The van der Waals surface area contributed by atoms with Crippen LogP contribution in [0, 0.1) is 0 Å². The van der Waals surface area contributed by atoms with Crippen LogP contribution in [0.5, 0.6) is 0 Å². The number of sulfonamides is 1. The molecule has 1 aliphatic heterocycles. The van der Waals surface area contributed by atoms with Crippen LogP contribution >= 0.6 is 11.8 Å². The zero-order chi connectivity index (χ0) is 17.7. The van der Waals surface area contributed by atoms with Crippen molar-refractivity contribution >= 4 is 27.7 Å². The molecule has 6 nitrogen and oxygen atoms in total. The summed E-state index contributed by atoms with van der Waals surface area (Å²) in [6, 6.07) is 11.5. The van der Waals surface area contributed by atoms with Gasteiger partial charge < -0.3 is 5.32 Å². The van der Waals surface area contributed by atoms with E-state index >= 15 is 0 Å². The maximum absolute atomic E-state index is 12.5. The van der Waals surface area contributed by atoms with Gasteiger partial charge in [0.15, 0.2) is 0 Å².